The first-order valence-electron chi connectivity index (χ1n) is 5.60. The van der Waals surface area contributed by atoms with Gasteiger partial charge in [0, 0.05) is 6.92 Å². The van der Waals surface area contributed by atoms with E-state index < -0.39 is 17.7 Å². The molecule has 1 rings (SSSR count). The standard InChI is InChI=1S/C10H19N3O4/c1-8(16-9(14)10(2,3)4)17-11-13(15)12-6-5-7-12/h8H,5-7H2,1-4H3. The lowest BCUT2D eigenvalue weighted by molar-refractivity contribution is -0.724. The summed E-state index contributed by atoms with van der Waals surface area (Å²) in [7, 11) is 0. The third-order valence-electron chi connectivity index (χ3n) is 2.23. The zero-order valence-electron chi connectivity index (χ0n) is 10.7. The summed E-state index contributed by atoms with van der Waals surface area (Å²) < 4.78 is 4.96. The van der Waals surface area contributed by atoms with E-state index in [1.54, 1.807) is 20.8 Å². The van der Waals surface area contributed by atoms with Crippen molar-refractivity contribution in [1.82, 2.24) is 5.01 Å². The summed E-state index contributed by atoms with van der Waals surface area (Å²) in [5.41, 5.74) is -0.605. The summed E-state index contributed by atoms with van der Waals surface area (Å²) in [5.74, 6) is -0.401. The molecule has 1 saturated heterocycles. The smallest absolute Gasteiger partial charge is 0.314 e. The maximum Gasteiger partial charge on any atom is 0.314 e. The number of carbonyl (C=O) groups is 1. The lowest BCUT2D eigenvalue weighted by Crippen LogP contribution is -2.42. The molecular formula is C10H19N3O4. The van der Waals surface area contributed by atoms with E-state index in [2.05, 4.69) is 5.28 Å². The van der Waals surface area contributed by atoms with Crippen LogP contribution in [0.5, 0.6) is 0 Å². The van der Waals surface area contributed by atoms with Crippen molar-refractivity contribution in [3.63, 3.8) is 0 Å². The SMILES string of the molecule is CC(ON=[N+]([O-])N1CCC1)OC(=O)C(C)(C)C. The van der Waals surface area contributed by atoms with Crippen LogP contribution in [0.4, 0.5) is 0 Å². The zero-order chi connectivity index (χ0) is 13.1. The lowest BCUT2D eigenvalue weighted by Gasteiger charge is -2.25. The molecule has 1 heterocycles. The Labute approximate surface area is 100 Å². The quantitative estimate of drug-likeness (QED) is 0.246. The molecule has 0 spiro atoms. The predicted molar refractivity (Wildman–Crippen MR) is 58.3 cm³/mol. The van der Waals surface area contributed by atoms with Gasteiger partial charge in [0.05, 0.1) is 23.5 Å². The van der Waals surface area contributed by atoms with Crippen LogP contribution in [0.15, 0.2) is 5.28 Å². The second-order valence-corrected chi connectivity index (χ2v) is 4.97. The summed E-state index contributed by atoms with van der Waals surface area (Å²) >= 11 is 0. The van der Waals surface area contributed by atoms with Crippen molar-refractivity contribution in [2.75, 3.05) is 13.1 Å². The largest absolute Gasteiger partial charge is 0.569 e. The van der Waals surface area contributed by atoms with Crippen molar-refractivity contribution in [3.05, 3.63) is 5.21 Å². The van der Waals surface area contributed by atoms with E-state index in [1.165, 1.54) is 11.9 Å². The van der Waals surface area contributed by atoms with Gasteiger partial charge in [-0.05, 0) is 27.2 Å². The first kappa shape index (κ1) is 13.5. The summed E-state index contributed by atoms with van der Waals surface area (Å²) in [4.78, 5) is 16.6. The van der Waals surface area contributed by atoms with E-state index in [4.69, 9.17) is 9.57 Å². The minimum absolute atomic E-state index is 0.380. The lowest BCUT2D eigenvalue weighted by atomic mass is 9.97. The van der Waals surface area contributed by atoms with Crippen LogP contribution in [0.2, 0.25) is 0 Å². The molecule has 0 N–H and O–H groups in total. The molecule has 0 bridgehead atoms. The summed E-state index contributed by atoms with van der Waals surface area (Å²) in [6.07, 6.45) is 0.0995. The normalized spacial score (nSPS) is 18.4. The molecule has 17 heavy (non-hydrogen) atoms. The molecule has 0 saturated carbocycles. The van der Waals surface area contributed by atoms with Crippen LogP contribution in [0.1, 0.15) is 34.1 Å². The van der Waals surface area contributed by atoms with E-state index in [0.717, 1.165) is 6.42 Å². The van der Waals surface area contributed by atoms with Crippen molar-refractivity contribution in [2.45, 2.75) is 40.4 Å². The Bertz CT molecular complexity index is 307. The molecule has 0 aromatic rings. The van der Waals surface area contributed by atoms with Crippen LogP contribution in [0, 0.1) is 10.6 Å². The zero-order valence-corrected chi connectivity index (χ0v) is 10.7. The van der Waals surface area contributed by atoms with Gasteiger partial charge in [0.15, 0.2) is 0 Å². The highest BCUT2D eigenvalue weighted by Crippen LogP contribution is 2.16. The van der Waals surface area contributed by atoms with Crippen molar-refractivity contribution >= 4 is 5.97 Å². The third kappa shape index (κ3) is 4.08. The van der Waals surface area contributed by atoms with Crippen molar-refractivity contribution in [1.29, 1.82) is 0 Å². The van der Waals surface area contributed by atoms with Gasteiger partial charge in [0.2, 0.25) is 5.28 Å². The first-order valence-corrected chi connectivity index (χ1v) is 5.60. The summed E-state index contributed by atoms with van der Waals surface area (Å²) in [5, 5.41) is 16.0. The Morgan fingerprint density at radius 3 is 2.47 bits per heavy atom. The van der Waals surface area contributed by atoms with Gasteiger partial charge in [0.25, 0.3) is 6.29 Å². The van der Waals surface area contributed by atoms with Crippen molar-refractivity contribution in [2.24, 2.45) is 10.7 Å². The minimum atomic E-state index is -0.876. The van der Waals surface area contributed by atoms with E-state index in [-0.39, 0.29) is 0 Å². The molecular weight excluding hydrogens is 226 g/mol. The number of hydrogen-bond acceptors (Lipinski definition) is 5. The highest BCUT2D eigenvalue weighted by atomic mass is 16.8. The fraction of sp³-hybridized carbons (Fsp3) is 0.900. The second kappa shape index (κ2) is 5.20. The van der Waals surface area contributed by atoms with E-state index in [0.29, 0.717) is 18.1 Å². The Balaban J connectivity index is 2.34. The Kier molecular flexibility index (Phi) is 4.14. The number of ether oxygens (including phenoxy) is 1. The molecule has 1 unspecified atom stereocenters. The Morgan fingerprint density at radius 2 is 2.06 bits per heavy atom. The van der Waals surface area contributed by atoms with Gasteiger partial charge >= 0.3 is 5.97 Å². The van der Waals surface area contributed by atoms with Crippen LogP contribution in [-0.4, -0.2) is 35.3 Å². The maximum atomic E-state index is 11.5. The topological polar surface area (TPSA) is 77.2 Å². The molecule has 1 aliphatic rings. The molecule has 1 aliphatic heterocycles. The number of hydrazine groups is 1. The molecule has 7 heteroatoms. The molecule has 0 aromatic heterocycles. The number of nitrogens with zero attached hydrogens (tertiary/aromatic N) is 3. The van der Waals surface area contributed by atoms with E-state index in [9.17, 15) is 10.0 Å². The summed E-state index contributed by atoms with van der Waals surface area (Å²) in [6, 6.07) is 0. The molecule has 0 radical (unpaired) electrons. The Morgan fingerprint density at radius 1 is 1.47 bits per heavy atom. The molecule has 0 amide bonds. The summed E-state index contributed by atoms with van der Waals surface area (Å²) in [6.45, 7) is 8.06. The first-order chi connectivity index (χ1) is 7.80. The average Bonchev–Trinajstić information content (AvgIpc) is 2.10. The Hall–Kier alpha value is -1.53. The van der Waals surface area contributed by atoms with Gasteiger partial charge in [-0.3, -0.25) is 9.63 Å². The molecule has 1 fully saturated rings. The molecule has 0 aliphatic carbocycles. The fourth-order valence-electron chi connectivity index (χ4n) is 0.978. The van der Waals surface area contributed by atoms with E-state index in [1.807, 2.05) is 0 Å². The van der Waals surface area contributed by atoms with Crippen LogP contribution < -0.4 is 0 Å². The van der Waals surface area contributed by atoms with Crippen LogP contribution in [0.25, 0.3) is 0 Å². The predicted octanol–water partition coefficient (Wildman–Crippen LogP) is 1.44. The fourth-order valence-corrected chi connectivity index (χ4v) is 0.978. The average molecular weight is 245 g/mol. The van der Waals surface area contributed by atoms with Crippen LogP contribution in [-0.2, 0) is 14.4 Å². The van der Waals surface area contributed by atoms with Crippen LogP contribution >= 0.6 is 0 Å². The molecule has 98 valence electrons. The number of carbonyl (C=O) groups excluding carboxylic acids is 1. The minimum Gasteiger partial charge on any atom is -0.569 e. The van der Waals surface area contributed by atoms with Gasteiger partial charge in [0.1, 0.15) is 0 Å². The maximum absolute atomic E-state index is 11.5. The highest BCUT2D eigenvalue weighted by Gasteiger charge is 2.26. The molecule has 7 nitrogen and oxygen atoms in total. The monoisotopic (exact) mass is 245 g/mol. The van der Waals surface area contributed by atoms with Crippen molar-refractivity contribution in [3.8, 4) is 0 Å². The van der Waals surface area contributed by atoms with Gasteiger partial charge in [-0.15, -0.1) is 5.01 Å². The van der Waals surface area contributed by atoms with Crippen molar-refractivity contribution < 1.29 is 19.3 Å². The third-order valence-corrected chi connectivity index (χ3v) is 2.23. The number of esters is 1. The number of hydrogen-bond donors (Lipinski definition) is 0. The van der Waals surface area contributed by atoms with Crippen LogP contribution in [0.3, 0.4) is 0 Å². The molecule has 1 atom stereocenters. The highest BCUT2D eigenvalue weighted by molar-refractivity contribution is 5.75. The van der Waals surface area contributed by atoms with Gasteiger partial charge in [-0.1, -0.05) is 0 Å². The van der Waals surface area contributed by atoms with E-state index >= 15 is 0 Å². The second-order valence-electron chi connectivity index (χ2n) is 4.97. The van der Waals surface area contributed by atoms with Gasteiger partial charge < -0.3 is 9.94 Å². The molecule has 0 aromatic carbocycles. The van der Waals surface area contributed by atoms with Gasteiger partial charge in [-0.2, -0.15) is 0 Å². The number of rotatable bonds is 4. The van der Waals surface area contributed by atoms with Gasteiger partial charge in [-0.25, -0.2) is 0 Å².